The lowest BCUT2D eigenvalue weighted by Gasteiger charge is -2.24. The molecule has 5 nitrogen and oxygen atoms in total. The van der Waals surface area contributed by atoms with Crippen LogP contribution in [-0.4, -0.2) is 22.8 Å². The van der Waals surface area contributed by atoms with Crippen molar-refractivity contribution in [3.63, 3.8) is 0 Å². The normalized spacial score (nSPS) is 12.1. The Hall–Kier alpha value is -3.02. The summed E-state index contributed by atoms with van der Waals surface area (Å²) >= 11 is 0. The molecule has 2 aromatic carbocycles. The number of nitro groups is 1. The average molecular weight is 328 g/mol. The first-order valence-electron chi connectivity index (χ1n) is 7.33. The summed E-state index contributed by atoms with van der Waals surface area (Å²) in [6, 6.07) is 11.7. The van der Waals surface area contributed by atoms with Gasteiger partial charge in [-0.2, -0.15) is 0 Å². The zero-order valence-corrected chi connectivity index (χ0v) is 13.3. The summed E-state index contributed by atoms with van der Waals surface area (Å²) in [5, 5.41) is 10.8. The molecule has 24 heavy (non-hydrogen) atoms. The number of halogens is 1. The summed E-state index contributed by atoms with van der Waals surface area (Å²) in [7, 11) is 1.63. The molecule has 2 rings (SSSR count). The molecule has 0 bridgehead atoms. The van der Waals surface area contributed by atoms with E-state index in [1.54, 1.807) is 44.3 Å². The molecule has 0 N–H and O–H groups in total. The van der Waals surface area contributed by atoms with Gasteiger partial charge in [0.2, 0.25) is 5.91 Å². The van der Waals surface area contributed by atoms with Gasteiger partial charge < -0.3 is 4.90 Å². The summed E-state index contributed by atoms with van der Waals surface area (Å²) in [4.78, 5) is 24.1. The fourth-order valence-electron chi connectivity index (χ4n) is 2.17. The third kappa shape index (κ3) is 4.25. The molecule has 0 fully saturated rings. The predicted molar refractivity (Wildman–Crippen MR) is 89.7 cm³/mol. The third-order valence-electron chi connectivity index (χ3n) is 3.78. The van der Waals surface area contributed by atoms with Crippen molar-refractivity contribution in [2.45, 2.75) is 13.0 Å². The number of benzene rings is 2. The van der Waals surface area contributed by atoms with Crippen LogP contribution in [0.25, 0.3) is 6.08 Å². The van der Waals surface area contributed by atoms with Crippen LogP contribution in [-0.2, 0) is 4.79 Å². The molecule has 6 heteroatoms. The Morgan fingerprint density at radius 2 is 1.92 bits per heavy atom. The van der Waals surface area contributed by atoms with E-state index >= 15 is 0 Å². The predicted octanol–water partition coefficient (Wildman–Crippen LogP) is 3.97. The molecule has 124 valence electrons. The van der Waals surface area contributed by atoms with Gasteiger partial charge in [0.05, 0.1) is 11.0 Å². The number of carbonyl (C=O) groups is 1. The smallest absolute Gasteiger partial charge is 0.269 e. The molecule has 0 saturated heterocycles. The Kier molecular flexibility index (Phi) is 5.42. The molecular weight excluding hydrogens is 311 g/mol. The Balaban J connectivity index is 2.10. The maximum atomic E-state index is 12.8. The number of rotatable bonds is 5. The number of likely N-dealkylation sites (N-methyl/N-ethyl adjacent to an activating group) is 1. The molecule has 0 aliphatic heterocycles. The van der Waals surface area contributed by atoms with Gasteiger partial charge in [-0.3, -0.25) is 14.9 Å². The van der Waals surface area contributed by atoms with Crippen LogP contribution >= 0.6 is 0 Å². The van der Waals surface area contributed by atoms with Crippen LogP contribution in [0.15, 0.2) is 54.6 Å². The highest BCUT2D eigenvalue weighted by Crippen LogP contribution is 2.23. The SMILES string of the molecule is C[C@@H](c1cccc([N+](=O)[O-])c1)N(C)C(=O)/C=C/c1ccc(F)cc1. The van der Waals surface area contributed by atoms with Crippen LogP contribution in [0.4, 0.5) is 10.1 Å². The second-order valence-corrected chi connectivity index (χ2v) is 5.36. The molecule has 1 amide bonds. The molecule has 0 aliphatic carbocycles. The van der Waals surface area contributed by atoms with Crippen molar-refractivity contribution in [1.82, 2.24) is 4.90 Å². The van der Waals surface area contributed by atoms with Gasteiger partial charge in [0.1, 0.15) is 5.82 Å². The number of carbonyl (C=O) groups excluding carboxylic acids is 1. The lowest BCUT2D eigenvalue weighted by Crippen LogP contribution is -2.28. The first-order chi connectivity index (χ1) is 11.4. The molecule has 0 unspecified atom stereocenters. The van der Waals surface area contributed by atoms with Crippen molar-refractivity contribution in [3.05, 3.63) is 81.7 Å². The van der Waals surface area contributed by atoms with Crippen molar-refractivity contribution >= 4 is 17.7 Å². The van der Waals surface area contributed by atoms with E-state index in [4.69, 9.17) is 0 Å². The Labute approximate surface area is 139 Å². The van der Waals surface area contributed by atoms with E-state index in [-0.39, 0.29) is 23.5 Å². The maximum Gasteiger partial charge on any atom is 0.269 e. The second kappa shape index (κ2) is 7.50. The number of hydrogen-bond acceptors (Lipinski definition) is 3. The molecule has 0 saturated carbocycles. The minimum absolute atomic E-state index is 0.0120. The van der Waals surface area contributed by atoms with Crippen molar-refractivity contribution in [2.75, 3.05) is 7.05 Å². The van der Waals surface area contributed by atoms with Crippen LogP contribution in [0.5, 0.6) is 0 Å². The molecule has 0 aromatic heterocycles. The summed E-state index contributed by atoms with van der Waals surface area (Å²) in [6.45, 7) is 1.79. The zero-order chi connectivity index (χ0) is 17.7. The summed E-state index contributed by atoms with van der Waals surface area (Å²) in [6.07, 6.45) is 2.99. The molecule has 2 aromatic rings. The van der Waals surface area contributed by atoms with Gasteiger partial charge in [-0.25, -0.2) is 4.39 Å². The van der Waals surface area contributed by atoms with Crippen molar-refractivity contribution < 1.29 is 14.1 Å². The van der Waals surface area contributed by atoms with E-state index in [2.05, 4.69) is 0 Å². The lowest BCUT2D eigenvalue weighted by molar-refractivity contribution is -0.384. The highest BCUT2D eigenvalue weighted by atomic mass is 19.1. The molecule has 0 aliphatic rings. The quantitative estimate of drug-likeness (QED) is 0.474. The summed E-state index contributed by atoms with van der Waals surface area (Å²) in [5.74, 6) is -0.590. The number of nitro benzene ring substituents is 1. The second-order valence-electron chi connectivity index (χ2n) is 5.36. The summed E-state index contributed by atoms with van der Waals surface area (Å²) < 4.78 is 12.8. The van der Waals surface area contributed by atoms with E-state index in [0.717, 1.165) is 0 Å². The molecule has 0 radical (unpaired) electrons. The van der Waals surface area contributed by atoms with E-state index in [1.807, 2.05) is 0 Å². The fourth-order valence-corrected chi connectivity index (χ4v) is 2.17. The lowest BCUT2D eigenvalue weighted by atomic mass is 10.1. The topological polar surface area (TPSA) is 63.5 Å². The van der Waals surface area contributed by atoms with E-state index in [9.17, 15) is 19.3 Å². The molecular formula is C18H17FN2O3. The number of amides is 1. The van der Waals surface area contributed by atoms with Gasteiger partial charge in [-0.1, -0.05) is 24.3 Å². The van der Waals surface area contributed by atoms with Crippen molar-refractivity contribution in [3.8, 4) is 0 Å². The third-order valence-corrected chi connectivity index (χ3v) is 3.78. The number of non-ortho nitro benzene ring substituents is 1. The minimum atomic E-state index is -0.466. The minimum Gasteiger partial charge on any atom is -0.335 e. The van der Waals surface area contributed by atoms with Crippen LogP contribution in [0, 0.1) is 15.9 Å². The van der Waals surface area contributed by atoms with Gasteiger partial charge in [0.25, 0.3) is 5.69 Å². The number of nitrogens with zero attached hydrogens (tertiary/aromatic N) is 2. The van der Waals surface area contributed by atoms with E-state index in [1.165, 1.54) is 35.2 Å². The highest BCUT2D eigenvalue weighted by Gasteiger charge is 2.17. The largest absolute Gasteiger partial charge is 0.335 e. The van der Waals surface area contributed by atoms with Gasteiger partial charge in [-0.05, 0) is 36.3 Å². The van der Waals surface area contributed by atoms with Crippen LogP contribution in [0.3, 0.4) is 0 Å². The highest BCUT2D eigenvalue weighted by molar-refractivity contribution is 5.91. The van der Waals surface area contributed by atoms with E-state index < -0.39 is 4.92 Å². The van der Waals surface area contributed by atoms with Crippen LogP contribution in [0.1, 0.15) is 24.1 Å². The van der Waals surface area contributed by atoms with E-state index in [0.29, 0.717) is 11.1 Å². The average Bonchev–Trinajstić information content (AvgIpc) is 2.59. The van der Waals surface area contributed by atoms with Gasteiger partial charge in [-0.15, -0.1) is 0 Å². The fraction of sp³-hybridized carbons (Fsp3) is 0.167. The van der Waals surface area contributed by atoms with Gasteiger partial charge >= 0.3 is 0 Å². The van der Waals surface area contributed by atoms with Crippen molar-refractivity contribution in [2.24, 2.45) is 0 Å². The maximum absolute atomic E-state index is 12.8. The van der Waals surface area contributed by atoms with Crippen LogP contribution < -0.4 is 0 Å². The van der Waals surface area contributed by atoms with Crippen LogP contribution in [0.2, 0.25) is 0 Å². The first-order valence-corrected chi connectivity index (χ1v) is 7.33. The molecule has 0 heterocycles. The van der Waals surface area contributed by atoms with Gasteiger partial charge in [0, 0.05) is 25.3 Å². The standard InChI is InChI=1S/C18H17FN2O3/c1-13(15-4-3-5-17(12-15)21(23)24)20(2)18(22)11-8-14-6-9-16(19)10-7-14/h3-13H,1-2H3/b11-8+/t13-/m0/s1. The van der Waals surface area contributed by atoms with Gasteiger partial charge in [0.15, 0.2) is 0 Å². The Morgan fingerprint density at radius 1 is 1.25 bits per heavy atom. The monoisotopic (exact) mass is 328 g/mol. The number of hydrogen-bond donors (Lipinski definition) is 0. The first kappa shape index (κ1) is 17.3. The molecule has 1 atom stereocenters. The zero-order valence-electron chi connectivity index (χ0n) is 13.3. The Bertz CT molecular complexity index is 772. The Morgan fingerprint density at radius 3 is 2.54 bits per heavy atom. The molecule has 0 spiro atoms. The van der Waals surface area contributed by atoms with Crippen molar-refractivity contribution in [1.29, 1.82) is 0 Å². The summed E-state index contributed by atoms with van der Waals surface area (Å²) in [5.41, 5.74) is 1.37.